The van der Waals surface area contributed by atoms with E-state index in [1.54, 1.807) is 23.1 Å². The van der Waals surface area contributed by atoms with Gasteiger partial charge in [-0.2, -0.15) is 0 Å². The molecule has 0 aromatic heterocycles. The van der Waals surface area contributed by atoms with E-state index in [-0.39, 0.29) is 12.5 Å². The average molecular weight is 376 g/mol. The Kier molecular flexibility index (Phi) is 6.35. The Labute approximate surface area is 144 Å². The van der Waals surface area contributed by atoms with Crippen molar-refractivity contribution >= 4 is 27.8 Å². The summed E-state index contributed by atoms with van der Waals surface area (Å²) in [7, 11) is 0. The molecule has 1 amide bonds. The number of likely N-dealkylation sites (N-methyl/N-ethyl adjacent to an activating group) is 1. The molecule has 0 aliphatic rings. The third kappa shape index (κ3) is 4.93. The molecular formula is C18H18BrNO3. The largest absolute Gasteiger partial charge is 0.452 e. The molecule has 2 aromatic rings. The number of ether oxygens (including phenoxy) is 1. The van der Waals surface area contributed by atoms with E-state index in [9.17, 15) is 9.59 Å². The number of hydrogen-bond acceptors (Lipinski definition) is 3. The van der Waals surface area contributed by atoms with Crippen molar-refractivity contribution in [2.45, 2.75) is 13.5 Å². The van der Waals surface area contributed by atoms with Crippen molar-refractivity contribution in [1.82, 2.24) is 4.90 Å². The number of carbonyl (C=O) groups is 2. The number of esters is 1. The zero-order chi connectivity index (χ0) is 16.7. The van der Waals surface area contributed by atoms with E-state index in [1.165, 1.54) is 0 Å². The third-order valence-corrected chi connectivity index (χ3v) is 4.06. The fraction of sp³-hybridized carbons (Fsp3) is 0.222. The lowest BCUT2D eigenvalue weighted by Crippen LogP contribution is -2.34. The zero-order valence-electron chi connectivity index (χ0n) is 12.9. The summed E-state index contributed by atoms with van der Waals surface area (Å²) >= 11 is 3.29. The summed E-state index contributed by atoms with van der Waals surface area (Å²) < 4.78 is 5.78. The van der Waals surface area contributed by atoms with Gasteiger partial charge in [-0.3, -0.25) is 4.79 Å². The van der Waals surface area contributed by atoms with Crippen LogP contribution in [0.4, 0.5) is 0 Å². The molecule has 120 valence electrons. The van der Waals surface area contributed by atoms with Gasteiger partial charge in [0.1, 0.15) is 0 Å². The Morgan fingerprint density at radius 3 is 2.35 bits per heavy atom. The summed E-state index contributed by atoms with van der Waals surface area (Å²) in [6.45, 7) is 2.69. The number of rotatable bonds is 6. The van der Waals surface area contributed by atoms with E-state index in [0.717, 1.165) is 5.56 Å². The molecule has 0 fully saturated rings. The van der Waals surface area contributed by atoms with Crippen molar-refractivity contribution in [3.63, 3.8) is 0 Å². The smallest absolute Gasteiger partial charge is 0.339 e. The van der Waals surface area contributed by atoms with E-state index < -0.39 is 5.97 Å². The van der Waals surface area contributed by atoms with Crippen LogP contribution in [-0.4, -0.2) is 29.9 Å². The maximum atomic E-state index is 12.2. The summed E-state index contributed by atoms with van der Waals surface area (Å²) in [6.07, 6.45) is 0. The lowest BCUT2D eigenvalue weighted by Gasteiger charge is -2.20. The molecule has 0 radical (unpaired) electrons. The average Bonchev–Trinajstić information content (AvgIpc) is 2.58. The first kappa shape index (κ1) is 17.2. The van der Waals surface area contributed by atoms with Crippen LogP contribution in [0.1, 0.15) is 22.8 Å². The Balaban J connectivity index is 1.92. The summed E-state index contributed by atoms with van der Waals surface area (Å²) in [5, 5.41) is 0. The van der Waals surface area contributed by atoms with Gasteiger partial charge in [-0.15, -0.1) is 0 Å². The first-order valence-electron chi connectivity index (χ1n) is 7.35. The highest BCUT2D eigenvalue weighted by molar-refractivity contribution is 9.10. The van der Waals surface area contributed by atoms with Gasteiger partial charge in [0.15, 0.2) is 6.61 Å². The van der Waals surface area contributed by atoms with Crippen LogP contribution >= 0.6 is 15.9 Å². The molecule has 0 unspecified atom stereocenters. The van der Waals surface area contributed by atoms with Crippen LogP contribution in [0, 0.1) is 0 Å². The Morgan fingerprint density at radius 2 is 1.70 bits per heavy atom. The molecule has 2 aromatic carbocycles. The maximum absolute atomic E-state index is 12.2. The van der Waals surface area contributed by atoms with Gasteiger partial charge in [0.25, 0.3) is 5.91 Å². The number of amides is 1. The van der Waals surface area contributed by atoms with Gasteiger partial charge in [0.05, 0.1) is 5.56 Å². The Morgan fingerprint density at radius 1 is 1.04 bits per heavy atom. The predicted molar refractivity (Wildman–Crippen MR) is 92.0 cm³/mol. The second kappa shape index (κ2) is 8.48. The molecule has 2 rings (SSSR count). The van der Waals surface area contributed by atoms with Gasteiger partial charge in [-0.25, -0.2) is 4.79 Å². The molecule has 5 heteroatoms. The molecule has 0 saturated heterocycles. The number of carbonyl (C=O) groups excluding carboxylic acids is 2. The van der Waals surface area contributed by atoms with E-state index in [4.69, 9.17) is 4.74 Å². The Bertz CT molecular complexity index is 673. The third-order valence-electron chi connectivity index (χ3n) is 3.37. The van der Waals surface area contributed by atoms with Crippen LogP contribution in [-0.2, 0) is 16.1 Å². The normalized spacial score (nSPS) is 10.2. The van der Waals surface area contributed by atoms with Crippen LogP contribution in [0.5, 0.6) is 0 Å². The SMILES string of the molecule is CCN(Cc1ccccc1)C(=O)COC(=O)c1ccccc1Br. The molecule has 0 N–H and O–H groups in total. The predicted octanol–water partition coefficient (Wildman–Crippen LogP) is 3.65. The summed E-state index contributed by atoms with van der Waals surface area (Å²) in [5.74, 6) is -0.724. The highest BCUT2D eigenvalue weighted by Gasteiger charge is 2.16. The standard InChI is InChI=1S/C18H18BrNO3/c1-2-20(12-14-8-4-3-5-9-14)17(21)13-23-18(22)15-10-6-7-11-16(15)19/h3-11H,2,12-13H2,1H3. The van der Waals surface area contributed by atoms with Crippen molar-refractivity contribution in [2.24, 2.45) is 0 Å². The quantitative estimate of drug-likeness (QED) is 0.723. The summed E-state index contributed by atoms with van der Waals surface area (Å²) in [5.41, 5.74) is 1.45. The minimum atomic E-state index is -0.512. The van der Waals surface area contributed by atoms with Gasteiger partial charge in [-0.05, 0) is 40.5 Å². The van der Waals surface area contributed by atoms with Crippen LogP contribution in [0.15, 0.2) is 59.1 Å². The first-order chi connectivity index (χ1) is 11.1. The summed E-state index contributed by atoms with van der Waals surface area (Å²) in [6, 6.07) is 16.7. The minimum absolute atomic E-state index is 0.211. The lowest BCUT2D eigenvalue weighted by molar-refractivity contribution is -0.134. The molecule has 0 aliphatic heterocycles. The van der Waals surface area contributed by atoms with Crippen molar-refractivity contribution in [3.05, 3.63) is 70.2 Å². The van der Waals surface area contributed by atoms with E-state index in [0.29, 0.717) is 23.1 Å². The number of nitrogens with zero attached hydrogens (tertiary/aromatic N) is 1. The molecule has 23 heavy (non-hydrogen) atoms. The topological polar surface area (TPSA) is 46.6 Å². The number of halogens is 1. The van der Waals surface area contributed by atoms with Gasteiger partial charge < -0.3 is 9.64 Å². The van der Waals surface area contributed by atoms with Crippen molar-refractivity contribution in [2.75, 3.05) is 13.2 Å². The van der Waals surface area contributed by atoms with Gasteiger partial charge in [-0.1, -0.05) is 42.5 Å². The van der Waals surface area contributed by atoms with Crippen LogP contribution in [0.3, 0.4) is 0 Å². The first-order valence-corrected chi connectivity index (χ1v) is 8.14. The zero-order valence-corrected chi connectivity index (χ0v) is 14.5. The molecule has 0 heterocycles. The van der Waals surface area contributed by atoms with Gasteiger partial charge >= 0.3 is 5.97 Å². The molecule has 0 bridgehead atoms. The lowest BCUT2D eigenvalue weighted by atomic mass is 10.2. The Hall–Kier alpha value is -2.14. The molecule has 0 atom stereocenters. The van der Waals surface area contributed by atoms with Crippen molar-refractivity contribution < 1.29 is 14.3 Å². The molecule has 4 nitrogen and oxygen atoms in total. The van der Waals surface area contributed by atoms with E-state index >= 15 is 0 Å². The van der Waals surface area contributed by atoms with Crippen molar-refractivity contribution in [3.8, 4) is 0 Å². The van der Waals surface area contributed by atoms with Crippen LogP contribution in [0.25, 0.3) is 0 Å². The molecule has 0 saturated carbocycles. The number of hydrogen-bond donors (Lipinski definition) is 0. The highest BCUT2D eigenvalue weighted by atomic mass is 79.9. The second-order valence-corrected chi connectivity index (χ2v) is 5.80. The monoisotopic (exact) mass is 375 g/mol. The highest BCUT2D eigenvalue weighted by Crippen LogP contribution is 2.16. The van der Waals surface area contributed by atoms with Crippen molar-refractivity contribution in [1.29, 1.82) is 0 Å². The van der Waals surface area contributed by atoms with E-state index in [1.807, 2.05) is 43.3 Å². The van der Waals surface area contributed by atoms with Gasteiger partial charge in [0.2, 0.25) is 0 Å². The fourth-order valence-electron chi connectivity index (χ4n) is 2.10. The van der Waals surface area contributed by atoms with E-state index in [2.05, 4.69) is 15.9 Å². The summed E-state index contributed by atoms with van der Waals surface area (Å²) in [4.78, 5) is 25.9. The van der Waals surface area contributed by atoms with Gasteiger partial charge in [0, 0.05) is 17.6 Å². The number of benzene rings is 2. The second-order valence-electron chi connectivity index (χ2n) is 4.95. The minimum Gasteiger partial charge on any atom is -0.452 e. The molecule has 0 aliphatic carbocycles. The maximum Gasteiger partial charge on any atom is 0.339 e. The van der Waals surface area contributed by atoms with Crippen LogP contribution < -0.4 is 0 Å². The molecule has 0 spiro atoms. The fourth-order valence-corrected chi connectivity index (χ4v) is 2.55. The van der Waals surface area contributed by atoms with Crippen LogP contribution in [0.2, 0.25) is 0 Å². The molecular weight excluding hydrogens is 358 g/mol.